The lowest BCUT2D eigenvalue weighted by Crippen LogP contribution is -2.07. The normalized spacial score (nSPS) is 10.7. The van der Waals surface area contributed by atoms with Crippen molar-refractivity contribution in [3.63, 3.8) is 0 Å². The predicted octanol–water partition coefficient (Wildman–Crippen LogP) is 5.23. The Hall–Kier alpha value is -3.14. The zero-order valence-electron chi connectivity index (χ0n) is 14.3. The summed E-state index contributed by atoms with van der Waals surface area (Å²) in [6.07, 6.45) is 0. The molecule has 0 fully saturated rings. The Bertz CT molecular complexity index is 1190. The molecule has 0 saturated heterocycles. The first-order chi connectivity index (χ1) is 13.1. The van der Waals surface area contributed by atoms with Crippen LogP contribution in [0.2, 0.25) is 5.02 Å². The van der Waals surface area contributed by atoms with Gasteiger partial charge in [0.15, 0.2) is 5.82 Å². The third-order valence-electron chi connectivity index (χ3n) is 4.20. The van der Waals surface area contributed by atoms with E-state index in [1.165, 1.54) is 11.3 Å². The van der Waals surface area contributed by atoms with E-state index < -0.39 is 0 Å². The molecular weight excluding hydrogens is 378 g/mol. The van der Waals surface area contributed by atoms with Crippen LogP contribution in [0, 0.1) is 11.3 Å². The molecule has 0 unspecified atom stereocenters. The van der Waals surface area contributed by atoms with Crippen LogP contribution in [0.25, 0.3) is 21.6 Å². The SMILES string of the molecule is CN(c1cc2c(N)nc(-c3cccc(C#N)c3)nc2s1)c1ccccc1Cl. The van der Waals surface area contributed by atoms with E-state index in [1.54, 1.807) is 12.1 Å². The molecule has 2 N–H and O–H groups in total. The van der Waals surface area contributed by atoms with Gasteiger partial charge in [0.2, 0.25) is 0 Å². The molecule has 0 aliphatic rings. The molecule has 0 bridgehead atoms. The second-order valence-electron chi connectivity index (χ2n) is 5.94. The minimum atomic E-state index is 0.410. The van der Waals surface area contributed by atoms with Crippen LogP contribution >= 0.6 is 22.9 Å². The molecular formula is C20H14ClN5S. The second kappa shape index (κ2) is 6.88. The molecule has 0 aliphatic heterocycles. The van der Waals surface area contributed by atoms with Crippen LogP contribution in [-0.2, 0) is 0 Å². The van der Waals surface area contributed by atoms with E-state index in [2.05, 4.69) is 16.0 Å². The van der Waals surface area contributed by atoms with Gasteiger partial charge in [-0.25, -0.2) is 9.97 Å². The average molecular weight is 392 g/mol. The Morgan fingerprint density at radius 2 is 1.93 bits per heavy atom. The molecule has 7 heteroatoms. The third kappa shape index (κ3) is 3.19. The Morgan fingerprint density at radius 1 is 1.11 bits per heavy atom. The number of nitriles is 1. The molecule has 0 aliphatic carbocycles. The number of thiophene rings is 1. The van der Waals surface area contributed by atoms with Gasteiger partial charge in [0.1, 0.15) is 10.6 Å². The Balaban J connectivity index is 1.80. The number of fused-ring (bicyclic) bond motifs is 1. The Kier molecular flexibility index (Phi) is 4.40. The molecule has 0 radical (unpaired) electrons. The molecule has 4 aromatic rings. The van der Waals surface area contributed by atoms with E-state index in [4.69, 9.17) is 22.6 Å². The van der Waals surface area contributed by atoms with Crippen molar-refractivity contribution in [1.29, 1.82) is 5.26 Å². The molecule has 0 atom stereocenters. The summed E-state index contributed by atoms with van der Waals surface area (Å²) in [6.45, 7) is 0. The summed E-state index contributed by atoms with van der Waals surface area (Å²) in [5.74, 6) is 0.915. The molecule has 5 nitrogen and oxygen atoms in total. The summed E-state index contributed by atoms with van der Waals surface area (Å²) >= 11 is 7.83. The van der Waals surface area contributed by atoms with E-state index in [0.29, 0.717) is 22.2 Å². The number of hydrogen-bond acceptors (Lipinski definition) is 6. The number of para-hydroxylation sites is 1. The highest BCUT2D eigenvalue weighted by Crippen LogP contribution is 2.39. The summed E-state index contributed by atoms with van der Waals surface area (Å²) in [5, 5.41) is 11.5. The Morgan fingerprint density at radius 3 is 2.70 bits per heavy atom. The van der Waals surface area contributed by atoms with Gasteiger partial charge >= 0.3 is 0 Å². The zero-order chi connectivity index (χ0) is 19.0. The molecule has 0 spiro atoms. The zero-order valence-corrected chi connectivity index (χ0v) is 15.9. The van der Waals surface area contributed by atoms with Crippen LogP contribution in [0.1, 0.15) is 5.56 Å². The van der Waals surface area contributed by atoms with Gasteiger partial charge in [-0.05, 0) is 30.3 Å². The van der Waals surface area contributed by atoms with Gasteiger partial charge in [0.25, 0.3) is 0 Å². The summed E-state index contributed by atoms with van der Waals surface area (Å²) < 4.78 is 0. The molecule has 2 aromatic carbocycles. The maximum absolute atomic E-state index is 9.10. The van der Waals surface area contributed by atoms with E-state index in [0.717, 1.165) is 26.5 Å². The number of benzene rings is 2. The highest BCUT2D eigenvalue weighted by Gasteiger charge is 2.15. The lowest BCUT2D eigenvalue weighted by molar-refractivity contribution is 1.24. The van der Waals surface area contributed by atoms with Gasteiger partial charge in [-0.1, -0.05) is 47.2 Å². The number of nitrogen functional groups attached to an aromatic ring is 1. The van der Waals surface area contributed by atoms with Crippen molar-refractivity contribution >= 4 is 49.7 Å². The van der Waals surface area contributed by atoms with E-state index in [9.17, 15) is 0 Å². The lowest BCUT2D eigenvalue weighted by atomic mass is 10.1. The fourth-order valence-corrected chi connectivity index (χ4v) is 4.07. The first kappa shape index (κ1) is 17.3. The van der Waals surface area contributed by atoms with Gasteiger partial charge in [0.05, 0.1) is 32.7 Å². The van der Waals surface area contributed by atoms with Crippen molar-refractivity contribution in [2.75, 3.05) is 17.7 Å². The fraction of sp³-hybridized carbons (Fsp3) is 0.0500. The summed E-state index contributed by atoms with van der Waals surface area (Å²) in [6, 6.07) is 18.9. The number of nitrogens with zero attached hydrogens (tertiary/aromatic N) is 4. The van der Waals surface area contributed by atoms with Crippen LogP contribution in [0.5, 0.6) is 0 Å². The molecule has 2 heterocycles. The number of halogens is 1. The number of hydrogen-bond donors (Lipinski definition) is 1. The maximum Gasteiger partial charge on any atom is 0.163 e. The highest BCUT2D eigenvalue weighted by atomic mass is 35.5. The largest absolute Gasteiger partial charge is 0.383 e. The molecule has 2 aromatic heterocycles. The monoisotopic (exact) mass is 391 g/mol. The maximum atomic E-state index is 9.10. The predicted molar refractivity (Wildman–Crippen MR) is 111 cm³/mol. The average Bonchev–Trinajstić information content (AvgIpc) is 3.13. The minimum Gasteiger partial charge on any atom is -0.383 e. The number of anilines is 3. The van der Waals surface area contributed by atoms with Crippen molar-refractivity contribution in [3.05, 3.63) is 65.2 Å². The molecule has 27 heavy (non-hydrogen) atoms. The van der Waals surface area contributed by atoms with Gasteiger partial charge < -0.3 is 10.6 Å². The fourth-order valence-electron chi connectivity index (χ4n) is 2.80. The smallest absolute Gasteiger partial charge is 0.163 e. The standard InChI is InChI=1S/C20H14ClN5S/c1-26(16-8-3-2-7-15(16)21)17-10-14-18(23)24-19(25-20(14)27-17)13-6-4-5-12(9-13)11-22/h2-10H,1H3,(H2,23,24,25). The van der Waals surface area contributed by atoms with E-state index in [1.807, 2.05) is 54.4 Å². The molecule has 0 amide bonds. The van der Waals surface area contributed by atoms with Crippen molar-refractivity contribution in [2.24, 2.45) is 0 Å². The quantitative estimate of drug-likeness (QED) is 0.517. The second-order valence-corrected chi connectivity index (χ2v) is 7.36. The summed E-state index contributed by atoms with van der Waals surface area (Å²) in [4.78, 5) is 11.9. The molecule has 132 valence electrons. The molecule has 4 rings (SSSR count). The number of nitrogens with two attached hydrogens (primary N) is 1. The number of aromatic nitrogens is 2. The lowest BCUT2D eigenvalue weighted by Gasteiger charge is -2.18. The summed E-state index contributed by atoms with van der Waals surface area (Å²) in [7, 11) is 1.95. The van der Waals surface area contributed by atoms with Gasteiger partial charge in [-0.15, -0.1) is 0 Å². The van der Waals surface area contributed by atoms with Crippen molar-refractivity contribution < 1.29 is 0 Å². The Labute approximate surface area is 165 Å². The summed E-state index contributed by atoms with van der Waals surface area (Å²) in [5.41, 5.74) is 8.41. The van der Waals surface area contributed by atoms with Crippen LogP contribution in [-0.4, -0.2) is 17.0 Å². The third-order valence-corrected chi connectivity index (χ3v) is 5.63. The van der Waals surface area contributed by atoms with Gasteiger partial charge in [0, 0.05) is 12.6 Å². The van der Waals surface area contributed by atoms with Crippen LogP contribution in [0.15, 0.2) is 54.6 Å². The van der Waals surface area contributed by atoms with Crippen molar-refractivity contribution in [1.82, 2.24) is 9.97 Å². The highest BCUT2D eigenvalue weighted by molar-refractivity contribution is 7.22. The van der Waals surface area contributed by atoms with Crippen LogP contribution < -0.4 is 10.6 Å². The topological polar surface area (TPSA) is 78.8 Å². The van der Waals surface area contributed by atoms with E-state index in [-0.39, 0.29) is 0 Å². The molecule has 0 saturated carbocycles. The van der Waals surface area contributed by atoms with Crippen LogP contribution in [0.4, 0.5) is 16.5 Å². The first-order valence-corrected chi connectivity index (χ1v) is 9.32. The van der Waals surface area contributed by atoms with Crippen LogP contribution in [0.3, 0.4) is 0 Å². The first-order valence-electron chi connectivity index (χ1n) is 8.12. The number of rotatable bonds is 3. The van der Waals surface area contributed by atoms with Gasteiger partial charge in [-0.2, -0.15) is 5.26 Å². The van der Waals surface area contributed by atoms with Crippen molar-refractivity contribution in [2.45, 2.75) is 0 Å². The van der Waals surface area contributed by atoms with E-state index >= 15 is 0 Å². The minimum absolute atomic E-state index is 0.410. The van der Waals surface area contributed by atoms with Crippen molar-refractivity contribution in [3.8, 4) is 17.5 Å². The van der Waals surface area contributed by atoms with Gasteiger partial charge in [-0.3, -0.25) is 0 Å².